The zero-order valence-corrected chi connectivity index (χ0v) is 13.3. The van der Waals surface area contributed by atoms with E-state index in [9.17, 15) is 0 Å². The smallest absolute Gasteiger partial charge is 0.116 e. The summed E-state index contributed by atoms with van der Waals surface area (Å²) < 4.78 is 0. The monoisotopic (exact) mass is 297 g/mol. The van der Waals surface area contributed by atoms with Crippen LogP contribution < -0.4 is 5.73 Å². The normalized spacial score (nSPS) is 17.3. The van der Waals surface area contributed by atoms with Crippen molar-refractivity contribution in [1.29, 1.82) is 0 Å². The van der Waals surface area contributed by atoms with Crippen molar-refractivity contribution in [1.82, 2.24) is 9.88 Å². The minimum Gasteiger partial charge on any atom is -0.389 e. The number of likely N-dealkylation sites (tertiary alicyclic amines) is 1. The highest BCUT2D eigenvalue weighted by molar-refractivity contribution is 7.81. The van der Waals surface area contributed by atoms with Gasteiger partial charge in [0.05, 0.1) is 17.1 Å². The minimum atomic E-state index is 0.503. The maximum atomic E-state index is 5.80. The largest absolute Gasteiger partial charge is 0.389 e. The van der Waals surface area contributed by atoms with Crippen molar-refractivity contribution in [3.8, 4) is 0 Å². The van der Waals surface area contributed by atoms with Crippen molar-refractivity contribution < 1.29 is 0 Å². The molecule has 0 amide bonds. The van der Waals surface area contributed by atoms with Crippen molar-refractivity contribution in [2.24, 2.45) is 5.73 Å². The lowest BCUT2D eigenvalue weighted by Gasteiger charge is -2.17. The summed E-state index contributed by atoms with van der Waals surface area (Å²) >= 11 is 6.83. The van der Waals surface area contributed by atoms with Crippen molar-refractivity contribution in [3.05, 3.63) is 15.6 Å². The maximum absolute atomic E-state index is 5.80. The van der Waals surface area contributed by atoms with Gasteiger partial charge >= 0.3 is 0 Å². The van der Waals surface area contributed by atoms with Gasteiger partial charge in [0.15, 0.2) is 0 Å². The van der Waals surface area contributed by atoms with E-state index in [0.717, 1.165) is 30.0 Å². The van der Waals surface area contributed by atoms with E-state index in [0.29, 0.717) is 4.99 Å². The van der Waals surface area contributed by atoms with Crippen LogP contribution in [0.15, 0.2) is 0 Å². The van der Waals surface area contributed by atoms with Gasteiger partial charge in [0.2, 0.25) is 0 Å². The van der Waals surface area contributed by atoms with E-state index in [1.807, 2.05) is 0 Å². The lowest BCUT2D eigenvalue weighted by Crippen LogP contribution is -2.23. The molecule has 106 valence electrons. The first-order chi connectivity index (χ1) is 9.20. The van der Waals surface area contributed by atoms with Crippen LogP contribution in [0.25, 0.3) is 0 Å². The number of thiocarbonyl (C=S) groups is 1. The molecule has 1 aromatic rings. The summed E-state index contributed by atoms with van der Waals surface area (Å²) in [5.74, 6) is 0. The van der Waals surface area contributed by atoms with E-state index in [1.165, 1.54) is 43.8 Å². The molecule has 2 N–H and O–H groups in total. The molecule has 0 atom stereocenters. The van der Waals surface area contributed by atoms with Gasteiger partial charge in [-0.05, 0) is 32.4 Å². The summed E-state index contributed by atoms with van der Waals surface area (Å²) in [5, 5.41) is 1.17. The van der Waals surface area contributed by atoms with Crippen LogP contribution >= 0.6 is 23.6 Å². The predicted molar refractivity (Wildman–Crippen MR) is 85.7 cm³/mol. The van der Waals surface area contributed by atoms with Crippen molar-refractivity contribution >= 4 is 28.5 Å². The molecule has 1 aromatic heterocycles. The quantitative estimate of drug-likeness (QED) is 0.848. The number of thiazole rings is 1. The molecule has 1 aliphatic rings. The molecule has 2 heterocycles. The van der Waals surface area contributed by atoms with Crippen LogP contribution in [0.2, 0.25) is 0 Å². The first kappa shape index (κ1) is 14.9. The third-order valence-electron chi connectivity index (χ3n) is 3.51. The zero-order chi connectivity index (χ0) is 13.7. The third-order valence-corrected chi connectivity index (χ3v) is 4.96. The van der Waals surface area contributed by atoms with Crippen molar-refractivity contribution in [3.63, 3.8) is 0 Å². The standard InChI is InChI=1S/C14H23N3S2/c1-2-7-11-13(14(15)18)19-12(16-11)10-17-8-5-3-4-6-9-17/h2-10H2,1H3,(H2,15,18). The number of nitrogens with zero attached hydrogens (tertiary/aromatic N) is 2. The Bertz CT molecular complexity index is 420. The van der Waals surface area contributed by atoms with Crippen LogP contribution in [-0.2, 0) is 13.0 Å². The van der Waals surface area contributed by atoms with Crippen LogP contribution in [0.4, 0.5) is 0 Å². The summed E-state index contributed by atoms with van der Waals surface area (Å²) in [5.41, 5.74) is 6.91. The zero-order valence-electron chi connectivity index (χ0n) is 11.7. The summed E-state index contributed by atoms with van der Waals surface area (Å²) in [7, 11) is 0. The Morgan fingerprint density at radius 2 is 2.00 bits per heavy atom. The SMILES string of the molecule is CCCc1nc(CN2CCCCCC2)sc1C(N)=S. The van der Waals surface area contributed by atoms with Gasteiger partial charge in [-0.25, -0.2) is 4.98 Å². The molecule has 0 aromatic carbocycles. The molecule has 0 saturated carbocycles. The Labute approximate surface area is 125 Å². The number of aromatic nitrogens is 1. The summed E-state index contributed by atoms with van der Waals surface area (Å²) in [6, 6.07) is 0. The van der Waals surface area contributed by atoms with E-state index in [4.69, 9.17) is 22.9 Å². The number of rotatable bonds is 5. The molecule has 0 aliphatic carbocycles. The van der Waals surface area contributed by atoms with Gasteiger partial charge in [-0.1, -0.05) is 38.4 Å². The molecule has 3 nitrogen and oxygen atoms in total. The van der Waals surface area contributed by atoms with Crippen LogP contribution in [0, 0.1) is 0 Å². The Balaban J connectivity index is 2.06. The van der Waals surface area contributed by atoms with Crippen LogP contribution in [0.5, 0.6) is 0 Å². The van der Waals surface area contributed by atoms with Gasteiger partial charge in [0, 0.05) is 0 Å². The van der Waals surface area contributed by atoms with Gasteiger partial charge in [-0.2, -0.15) is 0 Å². The molecule has 1 saturated heterocycles. The molecular weight excluding hydrogens is 274 g/mol. The van der Waals surface area contributed by atoms with Gasteiger partial charge in [0.25, 0.3) is 0 Å². The summed E-state index contributed by atoms with van der Waals surface area (Å²) in [4.78, 5) is 8.81. The first-order valence-corrected chi connectivity index (χ1v) is 8.44. The van der Waals surface area contributed by atoms with E-state index >= 15 is 0 Å². The van der Waals surface area contributed by atoms with Crippen LogP contribution in [0.1, 0.15) is 54.6 Å². The second-order valence-corrected chi connectivity index (χ2v) is 6.71. The molecular formula is C14H23N3S2. The highest BCUT2D eigenvalue weighted by Gasteiger charge is 2.16. The minimum absolute atomic E-state index is 0.503. The molecule has 2 rings (SSSR count). The molecule has 0 bridgehead atoms. The third kappa shape index (κ3) is 4.23. The van der Waals surface area contributed by atoms with E-state index < -0.39 is 0 Å². The highest BCUT2D eigenvalue weighted by atomic mass is 32.1. The maximum Gasteiger partial charge on any atom is 0.116 e. The molecule has 0 radical (unpaired) electrons. The van der Waals surface area contributed by atoms with Crippen LogP contribution in [0.3, 0.4) is 0 Å². The Morgan fingerprint density at radius 3 is 2.58 bits per heavy atom. The van der Waals surface area contributed by atoms with Gasteiger partial charge in [-0.15, -0.1) is 11.3 Å². The highest BCUT2D eigenvalue weighted by Crippen LogP contribution is 2.22. The molecule has 1 fully saturated rings. The van der Waals surface area contributed by atoms with E-state index in [2.05, 4.69) is 11.8 Å². The molecule has 19 heavy (non-hydrogen) atoms. The summed E-state index contributed by atoms with van der Waals surface area (Å²) in [6.45, 7) is 5.53. The average Bonchev–Trinajstić information content (AvgIpc) is 2.59. The van der Waals surface area contributed by atoms with Crippen molar-refractivity contribution in [2.75, 3.05) is 13.1 Å². The topological polar surface area (TPSA) is 42.2 Å². The average molecular weight is 297 g/mol. The fourth-order valence-electron chi connectivity index (χ4n) is 2.55. The van der Waals surface area contributed by atoms with Crippen LogP contribution in [-0.4, -0.2) is 28.0 Å². The van der Waals surface area contributed by atoms with Gasteiger partial charge in [-0.3, -0.25) is 4.90 Å². The molecule has 0 unspecified atom stereocenters. The van der Waals surface area contributed by atoms with E-state index in [-0.39, 0.29) is 0 Å². The number of aryl methyl sites for hydroxylation is 1. The molecule has 0 spiro atoms. The Kier molecular flexibility index (Phi) is 5.73. The van der Waals surface area contributed by atoms with Gasteiger partial charge in [0.1, 0.15) is 10.00 Å². The molecule has 1 aliphatic heterocycles. The predicted octanol–water partition coefficient (Wildman–Crippen LogP) is 3.11. The Morgan fingerprint density at radius 1 is 1.32 bits per heavy atom. The fourth-order valence-corrected chi connectivity index (χ4v) is 3.80. The number of hydrogen-bond donors (Lipinski definition) is 1. The fraction of sp³-hybridized carbons (Fsp3) is 0.714. The number of hydrogen-bond acceptors (Lipinski definition) is 4. The Hall–Kier alpha value is -0.520. The second-order valence-electron chi connectivity index (χ2n) is 5.19. The number of nitrogens with two attached hydrogens (primary N) is 1. The van der Waals surface area contributed by atoms with Gasteiger partial charge < -0.3 is 5.73 Å². The van der Waals surface area contributed by atoms with E-state index in [1.54, 1.807) is 11.3 Å². The van der Waals surface area contributed by atoms with Crippen molar-refractivity contribution in [2.45, 2.75) is 52.0 Å². The first-order valence-electron chi connectivity index (χ1n) is 7.21. The summed E-state index contributed by atoms with van der Waals surface area (Å²) in [6.07, 6.45) is 7.43. The lowest BCUT2D eigenvalue weighted by molar-refractivity contribution is 0.276. The molecule has 5 heteroatoms. The second kappa shape index (κ2) is 7.31. The lowest BCUT2D eigenvalue weighted by atomic mass is 10.2.